The van der Waals surface area contributed by atoms with E-state index in [1.807, 2.05) is 0 Å². The lowest BCUT2D eigenvalue weighted by Gasteiger charge is -2.13. The normalized spacial score (nSPS) is 16.8. The van der Waals surface area contributed by atoms with Gasteiger partial charge in [-0.2, -0.15) is 0 Å². The van der Waals surface area contributed by atoms with Gasteiger partial charge in [-0.05, 0) is 6.42 Å². The van der Waals surface area contributed by atoms with Crippen LogP contribution in [0.3, 0.4) is 0 Å². The third kappa shape index (κ3) is 3.27. The third-order valence-electron chi connectivity index (χ3n) is 1.32. The first-order chi connectivity index (χ1) is 4.22. The Balaban J connectivity index is 3.44. The minimum Gasteiger partial charge on any atom is -0.396 e. The van der Waals surface area contributed by atoms with Gasteiger partial charge >= 0.3 is 0 Å². The van der Waals surface area contributed by atoms with Crippen LogP contribution in [-0.4, -0.2) is 22.9 Å². The van der Waals surface area contributed by atoms with E-state index < -0.39 is 6.10 Å². The maximum absolute atomic E-state index is 9.05. The summed E-state index contributed by atoms with van der Waals surface area (Å²) in [6.07, 6.45) is 1.35. The average molecular weight is 129 g/mol. The smallest absolute Gasteiger partial charge is 0.0622 e. The zero-order chi connectivity index (χ0) is 7.28. The minimum absolute atomic E-state index is 0.00894. The lowest BCUT2D eigenvalue weighted by Crippen LogP contribution is -2.19. The number of aliphatic hydroxyl groups excluding tert-OH is 2. The summed E-state index contributed by atoms with van der Waals surface area (Å²) in [5.74, 6) is -0.0789. The summed E-state index contributed by atoms with van der Waals surface area (Å²) in [4.78, 5) is 0. The highest BCUT2D eigenvalue weighted by Crippen LogP contribution is 2.05. The van der Waals surface area contributed by atoms with Crippen molar-refractivity contribution < 1.29 is 10.2 Å². The predicted octanol–water partition coefficient (Wildman–Crippen LogP) is 0.355. The summed E-state index contributed by atoms with van der Waals surface area (Å²) in [7, 11) is 0. The summed E-state index contributed by atoms with van der Waals surface area (Å²) < 4.78 is 0. The summed E-state index contributed by atoms with van der Waals surface area (Å²) in [6, 6.07) is 0. The van der Waals surface area contributed by atoms with E-state index in [-0.39, 0.29) is 12.5 Å². The Labute approximate surface area is 55.8 Å². The minimum atomic E-state index is -0.500. The SMILES string of the molecule is [CH]=CCC(O)C(C)CO. The summed E-state index contributed by atoms with van der Waals surface area (Å²) in [6.45, 7) is 6.84. The van der Waals surface area contributed by atoms with Gasteiger partial charge in [0.1, 0.15) is 0 Å². The van der Waals surface area contributed by atoms with Gasteiger partial charge in [0.05, 0.1) is 6.10 Å². The molecule has 53 valence electrons. The van der Waals surface area contributed by atoms with Crippen LogP contribution in [0.25, 0.3) is 0 Å². The number of hydrogen-bond donors (Lipinski definition) is 2. The molecule has 0 fully saturated rings. The van der Waals surface area contributed by atoms with Crippen LogP contribution in [0, 0.1) is 12.5 Å². The maximum Gasteiger partial charge on any atom is 0.0622 e. The van der Waals surface area contributed by atoms with Gasteiger partial charge in [-0.15, -0.1) is 0 Å². The number of hydrogen-bond acceptors (Lipinski definition) is 2. The molecule has 0 aromatic heterocycles. The maximum atomic E-state index is 9.05. The van der Waals surface area contributed by atoms with Gasteiger partial charge in [0.15, 0.2) is 0 Å². The molecule has 0 spiro atoms. The first-order valence-corrected chi connectivity index (χ1v) is 3.04. The number of aliphatic hydroxyl groups is 2. The van der Waals surface area contributed by atoms with E-state index in [0.29, 0.717) is 6.42 Å². The van der Waals surface area contributed by atoms with Gasteiger partial charge < -0.3 is 10.2 Å². The molecule has 2 unspecified atom stereocenters. The van der Waals surface area contributed by atoms with Crippen LogP contribution in [0.1, 0.15) is 13.3 Å². The molecular weight excluding hydrogens is 116 g/mol. The zero-order valence-electron chi connectivity index (χ0n) is 5.62. The zero-order valence-corrected chi connectivity index (χ0v) is 5.62. The molecule has 0 aromatic rings. The summed E-state index contributed by atoms with van der Waals surface area (Å²) in [5, 5.41) is 17.6. The van der Waals surface area contributed by atoms with E-state index in [1.165, 1.54) is 6.08 Å². The molecule has 0 saturated carbocycles. The van der Waals surface area contributed by atoms with Crippen molar-refractivity contribution in [2.24, 2.45) is 5.92 Å². The fourth-order valence-corrected chi connectivity index (χ4v) is 0.493. The molecule has 0 heterocycles. The quantitative estimate of drug-likeness (QED) is 0.575. The van der Waals surface area contributed by atoms with Crippen molar-refractivity contribution in [3.8, 4) is 0 Å². The molecule has 0 rings (SSSR count). The fraction of sp³-hybridized carbons (Fsp3) is 0.714. The molecule has 0 saturated heterocycles. The predicted molar refractivity (Wildman–Crippen MR) is 35.7 cm³/mol. The molecule has 0 amide bonds. The van der Waals surface area contributed by atoms with E-state index in [9.17, 15) is 0 Å². The van der Waals surface area contributed by atoms with Crippen molar-refractivity contribution in [2.45, 2.75) is 19.4 Å². The molecule has 2 heteroatoms. The van der Waals surface area contributed by atoms with Crippen molar-refractivity contribution in [2.75, 3.05) is 6.61 Å². The molecule has 9 heavy (non-hydrogen) atoms. The Morgan fingerprint density at radius 1 is 1.67 bits per heavy atom. The van der Waals surface area contributed by atoms with Crippen LogP contribution in [-0.2, 0) is 0 Å². The van der Waals surface area contributed by atoms with E-state index in [1.54, 1.807) is 6.92 Å². The van der Waals surface area contributed by atoms with Crippen molar-refractivity contribution in [3.05, 3.63) is 12.7 Å². The van der Waals surface area contributed by atoms with Crippen molar-refractivity contribution in [1.29, 1.82) is 0 Å². The first kappa shape index (κ1) is 8.66. The second-order valence-corrected chi connectivity index (χ2v) is 2.20. The molecule has 0 aliphatic heterocycles. The van der Waals surface area contributed by atoms with E-state index in [4.69, 9.17) is 16.8 Å². The molecule has 0 aliphatic rings. The molecule has 0 bridgehead atoms. The largest absolute Gasteiger partial charge is 0.396 e. The van der Waals surface area contributed by atoms with Crippen molar-refractivity contribution >= 4 is 0 Å². The fourth-order valence-electron chi connectivity index (χ4n) is 0.493. The second kappa shape index (κ2) is 4.53. The summed E-state index contributed by atoms with van der Waals surface area (Å²) in [5.41, 5.74) is 0. The second-order valence-electron chi connectivity index (χ2n) is 2.20. The monoisotopic (exact) mass is 129 g/mol. The Morgan fingerprint density at radius 3 is 2.56 bits per heavy atom. The molecule has 1 radical (unpaired) electrons. The van der Waals surface area contributed by atoms with Crippen LogP contribution in [0.2, 0.25) is 0 Å². The number of rotatable bonds is 4. The molecular formula is C7H13O2. The van der Waals surface area contributed by atoms with Crippen LogP contribution < -0.4 is 0 Å². The van der Waals surface area contributed by atoms with Gasteiger partial charge in [-0.1, -0.05) is 19.6 Å². The Hall–Kier alpha value is -0.340. The van der Waals surface area contributed by atoms with E-state index in [2.05, 4.69) is 0 Å². The lowest BCUT2D eigenvalue weighted by molar-refractivity contribution is 0.0795. The van der Waals surface area contributed by atoms with Gasteiger partial charge in [-0.25, -0.2) is 0 Å². The Bertz CT molecular complexity index is 81.0. The molecule has 2 N–H and O–H groups in total. The molecule has 0 aromatic carbocycles. The third-order valence-corrected chi connectivity index (χ3v) is 1.32. The standard InChI is InChI=1S/C7H13O2/c1-3-4-7(9)6(2)5-8/h1,3,6-9H,4-5H2,2H3. The molecule has 0 aliphatic carbocycles. The van der Waals surface area contributed by atoms with Crippen molar-refractivity contribution in [1.82, 2.24) is 0 Å². The summed E-state index contributed by atoms with van der Waals surface area (Å²) >= 11 is 0. The highest BCUT2D eigenvalue weighted by Gasteiger charge is 2.09. The Kier molecular flexibility index (Phi) is 4.36. The van der Waals surface area contributed by atoms with Crippen molar-refractivity contribution in [3.63, 3.8) is 0 Å². The van der Waals surface area contributed by atoms with Gasteiger partial charge in [-0.3, -0.25) is 0 Å². The average Bonchev–Trinajstić information content (AvgIpc) is 1.87. The van der Waals surface area contributed by atoms with Crippen LogP contribution in [0.15, 0.2) is 6.08 Å². The van der Waals surface area contributed by atoms with Crippen LogP contribution in [0.4, 0.5) is 0 Å². The lowest BCUT2D eigenvalue weighted by atomic mass is 10.0. The highest BCUT2D eigenvalue weighted by molar-refractivity contribution is 4.73. The Morgan fingerprint density at radius 2 is 2.22 bits per heavy atom. The van der Waals surface area contributed by atoms with E-state index in [0.717, 1.165) is 0 Å². The van der Waals surface area contributed by atoms with Crippen LogP contribution >= 0.6 is 0 Å². The molecule has 2 atom stereocenters. The van der Waals surface area contributed by atoms with Gasteiger partial charge in [0.2, 0.25) is 0 Å². The van der Waals surface area contributed by atoms with Crippen LogP contribution in [0.5, 0.6) is 0 Å². The van der Waals surface area contributed by atoms with Gasteiger partial charge in [0.25, 0.3) is 0 Å². The topological polar surface area (TPSA) is 40.5 Å². The van der Waals surface area contributed by atoms with Gasteiger partial charge in [0, 0.05) is 12.5 Å². The molecule has 2 nitrogen and oxygen atoms in total. The first-order valence-electron chi connectivity index (χ1n) is 3.04. The van der Waals surface area contributed by atoms with E-state index >= 15 is 0 Å². The highest BCUT2D eigenvalue weighted by atomic mass is 16.3.